The maximum absolute atomic E-state index is 12.3. The molecule has 102 valence electrons. The van der Waals surface area contributed by atoms with Gasteiger partial charge in [0.1, 0.15) is 5.54 Å². The van der Waals surface area contributed by atoms with E-state index in [9.17, 15) is 4.79 Å². The molecular formula is C16H22N2O. The van der Waals surface area contributed by atoms with Crippen molar-refractivity contribution in [3.05, 3.63) is 48.0 Å². The first-order valence-corrected chi connectivity index (χ1v) is 6.88. The van der Waals surface area contributed by atoms with Gasteiger partial charge in [-0.2, -0.15) is 0 Å². The third kappa shape index (κ3) is 3.44. The van der Waals surface area contributed by atoms with Crippen molar-refractivity contribution in [3.8, 4) is 0 Å². The van der Waals surface area contributed by atoms with E-state index in [0.29, 0.717) is 12.5 Å². The Kier molecular flexibility index (Phi) is 4.38. The summed E-state index contributed by atoms with van der Waals surface area (Å²) in [5, 5.41) is 2.99. The molecule has 0 heterocycles. The minimum absolute atomic E-state index is 0.103. The monoisotopic (exact) mass is 258 g/mol. The predicted molar refractivity (Wildman–Crippen MR) is 77.5 cm³/mol. The maximum Gasteiger partial charge on any atom is 0.244 e. The molecule has 0 saturated heterocycles. The maximum atomic E-state index is 12.3. The fraction of sp³-hybridized carbons (Fsp3) is 0.438. The summed E-state index contributed by atoms with van der Waals surface area (Å²) in [6.07, 6.45) is 7.70. The standard InChI is InChI=1S/C16H22N2O/c1-16(17,14-10-6-3-7-11-14)15(19)18-12-13-8-4-2-5-9-13/h2-4,6-7,10-11,13H,5,8-9,12,17H2,1H3,(H,18,19). The molecule has 0 fully saturated rings. The lowest BCUT2D eigenvalue weighted by Gasteiger charge is -2.26. The van der Waals surface area contributed by atoms with Crippen LogP contribution in [0.4, 0.5) is 0 Å². The number of hydrogen-bond acceptors (Lipinski definition) is 2. The zero-order valence-electron chi connectivity index (χ0n) is 11.4. The zero-order chi connectivity index (χ0) is 13.7. The van der Waals surface area contributed by atoms with Crippen LogP contribution in [-0.2, 0) is 10.3 Å². The average molecular weight is 258 g/mol. The molecule has 0 radical (unpaired) electrons. The van der Waals surface area contributed by atoms with E-state index in [1.54, 1.807) is 6.92 Å². The molecule has 1 aromatic rings. The first-order valence-electron chi connectivity index (χ1n) is 6.88. The number of carbonyl (C=O) groups excluding carboxylic acids is 1. The van der Waals surface area contributed by atoms with E-state index in [2.05, 4.69) is 17.5 Å². The quantitative estimate of drug-likeness (QED) is 0.814. The van der Waals surface area contributed by atoms with Crippen LogP contribution in [0.2, 0.25) is 0 Å². The van der Waals surface area contributed by atoms with Crippen LogP contribution in [0.15, 0.2) is 42.5 Å². The van der Waals surface area contributed by atoms with E-state index in [0.717, 1.165) is 24.8 Å². The third-order valence-electron chi connectivity index (χ3n) is 3.77. The van der Waals surface area contributed by atoms with Crippen LogP contribution in [0.3, 0.4) is 0 Å². The number of carbonyl (C=O) groups is 1. The summed E-state index contributed by atoms with van der Waals surface area (Å²) >= 11 is 0. The molecule has 2 atom stereocenters. The summed E-state index contributed by atoms with van der Waals surface area (Å²) in [4.78, 5) is 12.3. The Hall–Kier alpha value is -1.61. The van der Waals surface area contributed by atoms with Crippen LogP contribution in [0.5, 0.6) is 0 Å². The number of allylic oxidation sites excluding steroid dienone is 2. The van der Waals surface area contributed by atoms with Crippen LogP contribution >= 0.6 is 0 Å². The molecule has 1 aromatic carbocycles. The van der Waals surface area contributed by atoms with Gasteiger partial charge in [0, 0.05) is 6.54 Å². The fourth-order valence-electron chi connectivity index (χ4n) is 2.38. The van der Waals surface area contributed by atoms with Gasteiger partial charge in [-0.15, -0.1) is 0 Å². The molecule has 3 nitrogen and oxygen atoms in total. The van der Waals surface area contributed by atoms with E-state index in [1.807, 2.05) is 30.3 Å². The van der Waals surface area contributed by atoms with Gasteiger partial charge in [0.15, 0.2) is 0 Å². The van der Waals surface area contributed by atoms with Gasteiger partial charge in [0.25, 0.3) is 0 Å². The molecule has 19 heavy (non-hydrogen) atoms. The summed E-state index contributed by atoms with van der Waals surface area (Å²) < 4.78 is 0. The fourth-order valence-corrected chi connectivity index (χ4v) is 2.38. The van der Waals surface area contributed by atoms with Crippen molar-refractivity contribution in [1.29, 1.82) is 0 Å². The highest BCUT2D eigenvalue weighted by Crippen LogP contribution is 2.19. The largest absolute Gasteiger partial charge is 0.354 e. The molecule has 3 N–H and O–H groups in total. The van der Waals surface area contributed by atoms with Crippen LogP contribution < -0.4 is 11.1 Å². The van der Waals surface area contributed by atoms with Crippen LogP contribution in [-0.4, -0.2) is 12.5 Å². The summed E-state index contributed by atoms with van der Waals surface area (Å²) in [7, 11) is 0. The Labute approximate surface area is 114 Å². The number of rotatable bonds is 4. The van der Waals surface area contributed by atoms with Gasteiger partial charge in [-0.25, -0.2) is 0 Å². The van der Waals surface area contributed by atoms with E-state index < -0.39 is 5.54 Å². The molecule has 1 aliphatic rings. The second kappa shape index (κ2) is 6.02. The first-order chi connectivity index (χ1) is 9.10. The summed E-state index contributed by atoms with van der Waals surface area (Å²) in [6, 6.07) is 9.51. The summed E-state index contributed by atoms with van der Waals surface area (Å²) in [6.45, 7) is 2.47. The summed E-state index contributed by atoms with van der Waals surface area (Å²) in [5.41, 5.74) is 6.05. The smallest absolute Gasteiger partial charge is 0.244 e. The topological polar surface area (TPSA) is 55.1 Å². The highest BCUT2D eigenvalue weighted by Gasteiger charge is 2.30. The van der Waals surface area contributed by atoms with Gasteiger partial charge in [-0.05, 0) is 37.7 Å². The number of benzene rings is 1. The minimum Gasteiger partial charge on any atom is -0.354 e. The molecule has 0 aromatic heterocycles. The lowest BCUT2D eigenvalue weighted by molar-refractivity contribution is -0.126. The number of amides is 1. The zero-order valence-corrected chi connectivity index (χ0v) is 11.4. The van der Waals surface area contributed by atoms with Crippen molar-refractivity contribution in [2.24, 2.45) is 11.7 Å². The Morgan fingerprint density at radius 3 is 2.74 bits per heavy atom. The molecular weight excluding hydrogens is 236 g/mol. The number of nitrogens with one attached hydrogen (secondary N) is 1. The summed E-state index contributed by atoms with van der Waals surface area (Å²) in [5.74, 6) is 0.439. The Morgan fingerprint density at radius 1 is 1.37 bits per heavy atom. The highest BCUT2D eigenvalue weighted by atomic mass is 16.2. The van der Waals surface area contributed by atoms with Crippen molar-refractivity contribution in [2.45, 2.75) is 31.7 Å². The van der Waals surface area contributed by atoms with Crippen LogP contribution in [0, 0.1) is 5.92 Å². The molecule has 0 aliphatic heterocycles. The molecule has 2 unspecified atom stereocenters. The van der Waals surface area contributed by atoms with Crippen molar-refractivity contribution in [1.82, 2.24) is 5.32 Å². The molecule has 1 amide bonds. The second-order valence-electron chi connectivity index (χ2n) is 5.43. The molecule has 0 saturated carbocycles. The van der Waals surface area contributed by atoms with Crippen molar-refractivity contribution >= 4 is 5.91 Å². The van der Waals surface area contributed by atoms with Gasteiger partial charge in [-0.3, -0.25) is 4.79 Å². The van der Waals surface area contributed by atoms with Crippen LogP contribution in [0.25, 0.3) is 0 Å². The normalized spacial score (nSPS) is 21.7. The molecule has 0 spiro atoms. The Morgan fingerprint density at radius 2 is 2.11 bits per heavy atom. The molecule has 0 bridgehead atoms. The predicted octanol–water partition coefficient (Wildman–Crippen LogP) is 2.33. The van der Waals surface area contributed by atoms with Crippen molar-refractivity contribution < 1.29 is 4.79 Å². The Balaban J connectivity index is 1.93. The van der Waals surface area contributed by atoms with E-state index in [1.165, 1.54) is 0 Å². The van der Waals surface area contributed by atoms with E-state index >= 15 is 0 Å². The molecule has 2 rings (SSSR count). The second-order valence-corrected chi connectivity index (χ2v) is 5.43. The lowest BCUT2D eigenvalue weighted by atomic mass is 9.91. The van der Waals surface area contributed by atoms with Gasteiger partial charge >= 0.3 is 0 Å². The van der Waals surface area contributed by atoms with Gasteiger partial charge in [0.05, 0.1) is 0 Å². The third-order valence-corrected chi connectivity index (χ3v) is 3.77. The van der Waals surface area contributed by atoms with Crippen LogP contribution in [0.1, 0.15) is 31.7 Å². The van der Waals surface area contributed by atoms with E-state index in [-0.39, 0.29) is 5.91 Å². The highest BCUT2D eigenvalue weighted by molar-refractivity contribution is 5.86. The Bertz CT molecular complexity index is 451. The van der Waals surface area contributed by atoms with Gasteiger partial charge in [-0.1, -0.05) is 42.5 Å². The number of hydrogen-bond donors (Lipinski definition) is 2. The van der Waals surface area contributed by atoms with E-state index in [4.69, 9.17) is 5.73 Å². The number of nitrogens with two attached hydrogens (primary N) is 1. The molecule has 3 heteroatoms. The molecule has 1 aliphatic carbocycles. The lowest BCUT2D eigenvalue weighted by Crippen LogP contribution is -2.50. The van der Waals surface area contributed by atoms with Crippen molar-refractivity contribution in [3.63, 3.8) is 0 Å². The average Bonchev–Trinajstić information content (AvgIpc) is 2.46. The van der Waals surface area contributed by atoms with Gasteiger partial charge < -0.3 is 11.1 Å². The first kappa shape index (κ1) is 13.8. The minimum atomic E-state index is -0.967. The van der Waals surface area contributed by atoms with Crippen molar-refractivity contribution in [2.75, 3.05) is 6.54 Å². The SMILES string of the molecule is CC(N)(C(=O)NCC1CC=CCC1)c1ccccc1. The van der Waals surface area contributed by atoms with Gasteiger partial charge in [0.2, 0.25) is 5.91 Å².